The highest BCUT2D eigenvalue weighted by molar-refractivity contribution is 8.00. The molecular formula is C20H25FN6O2S2. The van der Waals surface area contributed by atoms with Crippen LogP contribution in [0.2, 0.25) is 0 Å². The van der Waals surface area contributed by atoms with Crippen LogP contribution in [0.4, 0.5) is 9.52 Å². The summed E-state index contributed by atoms with van der Waals surface area (Å²) in [6.07, 6.45) is 0.241. The van der Waals surface area contributed by atoms with Gasteiger partial charge in [0.05, 0.1) is 5.25 Å². The van der Waals surface area contributed by atoms with Gasteiger partial charge in [-0.3, -0.25) is 10.1 Å². The highest BCUT2D eigenvalue weighted by Gasteiger charge is 2.25. The van der Waals surface area contributed by atoms with Crippen molar-refractivity contribution in [3.05, 3.63) is 40.9 Å². The third-order valence-electron chi connectivity index (χ3n) is 4.36. The molecule has 1 aromatic carbocycles. The summed E-state index contributed by atoms with van der Waals surface area (Å²) in [5.41, 5.74) is 0. The van der Waals surface area contributed by atoms with Crippen molar-refractivity contribution in [1.82, 2.24) is 25.0 Å². The number of halogens is 1. The Hall–Kier alpha value is -2.53. The molecule has 0 saturated carbocycles. The van der Waals surface area contributed by atoms with E-state index in [4.69, 9.17) is 4.74 Å². The molecule has 0 saturated heterocycles. The zero-order chi connectivity index (χ0) is 22.5. The van der Waals surface area contributed by atoms with Crippen molar-refractivity contribution in [2.24, 2.45) is 0 Å². The Morgan fingerprint density at radius 1 is 1.19 bits per heavy atom. The number of hydrogen-bond donors (Lipinski definition) is 1. The predicted molar refractivity (Wildman–Crippen MR) is 119 cm³/mol. The van der Waals surface area contributed by atoms with Gasteiger partial charge in [0.15, 0.2) is 28.7 Å². The number of nitrogens with zero attached hydrogens (tertiary/aromatic N) is 5. The van der Waals surface area contributed by atoms with Crippen LogP contribution in [0.25, 0.3) is 0 Å². The molecule has 0 bridgehead atoms. The van der Waals surface area contributed by atoms with E-state index in [-0.39, 0.29) is 17.7 Å². The molecule has 0 aliphatic heterocycles. The molecule has 0 fully saturated rings. The molecule has 1 amide bonds. The standard InChI is InChI=1S/C20H25FN6O2S2/c1-6-16-23-25-19(31-16)22-18(28)13(5)30-20-26-24-17(27(20)11(2)3)12(4)29-15-10-8-7-9-14(15)21/h7-13H,6H2,1-5H3,(H,22,25,28). The lowest BCUT2D eigenvalue weighted by Crippen LogP contribution is -2.23. The van der Waals surface area contributed by atoms with Gasteiger partial charge in [-0.25, -0.2) is 4.39 Å². The fraction of sp³-hybridized carbons (Fsp3) is 0.450. The number of ether oxygens (including phenoxy) is 1. The van der Waals surface area contributed by atoms with E-state index >= 15 is 0 Å². The first-order valence-corrected chi connectivity index (χ1v) is 11.7. The highest BCUT2D eigenvalue weighted by atomic mass is 32.2. The van der Waals surface area contributed by atoms with Gasteiger partial charge < -0.3 is 9.30 Å². The number of nitrogens with one attached hydrogen (secondary N) is 1. The van der Waals surface area contributed by atoms with E-state index in [0.29, 0.717) is 16.1 Å². The number of thioether (sulfide) groups is 1. The SMILES string of the molecule is CCc1nnc(NC(=O)C(C)Sc2nnc(C(C)Oc3ccccc3F)n2C(C)C)s1. The summed E-state index contributed by atoms with van der Waals surface area (Å²) in [5, 5.41) is 20.8. The molecule has 3 aromatic rings. The van der Waals surface area contributed by atoms with Gasteiger partial charge in [0.1, 0.15) is 5.01 Å². The molecule has 1 N–H and O–H groups in total. The molecule has 0 aliphatic rings. The van der Waals surface area contributed by atoms with Gasteiger partial charge in [0, 0.05) is 6.04 Å². The molecular weight excluding hydrogens is 439 g/mol. The van der Waals surface area contributed by atoms with Crippen molar-refractivity contribution in [3.63, 3.8) is 0 Å². The zero-order valence-electron chi connectivity index (χ0n) is 18.0. The molecule has 11 heteroatoms. The van der Waals surface area contributed by atoms with E-state index in [1.165, 1.54) is 29.2 Å². The van der Waals surface area contributed by atoms with Crippen LogP contribution < -0.4 is 10.1 Å². The maximum Gasteiger partial charge on any atom is 0.239 e. The number of carbonyl (C=O) groups is 1. The molecule has 31 heavy (non-hydrogen) atoms. The molecule has 2 aromatic heterocycles. The van der Waals surface area contributed by atoms with Crippen molar-refractivity contribution in [2.45, 2.75) is 63.6 Å². The summed E-state index contributed by atoms with van der Waals surface area (Å²) in [4.78, 5) is 12.6. The average Bonchev–Trinajstić information content (AvgIpc) is 3.36. The Bertz CT molecular complexity index is 1040. The minimum atomic E-state index is -0.529. The Morgan fingerprint density at radius 3 is 2.58 bits per heavy atom. The third-order valence-corrected chi connectivity index (χ3v) is 6.40. The second kappa shape index (κ2) is 10.2. The highest BCUT2D eigenvalue weighted by Crippen LogP contribution is 2.30. The second-order valence-corrected chi connectivity index (χ2v) is 9.47. The van der Waals surface area contributed by atoms with E-state index < -0.39 is 17.2 Å². The van der Waals surface area contributed by atoms with E-state index in [9.17, 15) is 9.18 Å². The minimum absolute atomic E-state index is 0.0182. The van der Waals surface area contributed by atoms with Crippen LogP contribution in [0.1, 0.15) is 57.6 Å². The molecule has 2 unspecified atom stereocenters. The smallest absolute Gasteiger partial charge is 0.239 e. The number of amides is 1. The van der Waals surface area contributed by atoms with Crippen molar-refractivity contribution < 1.29 is 13.9 Å². The number of carbonyl (C=O) groups excluding carboxylic acids is 1. The molecule has 0 spiro atoms. The van der Waals surface area contributed by atoms with Gasteiger partial charge in [-0.15, -0.1) is 20.4 Å². The summed E-state index contributed by atoms with van der Waals surface area (Å²) < 4.78 is 21.7. The average molecular weight is 465 g/mol. The van der Waals surface area contributed by atoms with Crippen LogP contribution in [0, 0.1) is 5.82 Å². The van der Waals surface area contributed by atoms with Gasteiger partial charge in [-0.1, -0.05) is 42.2 Å². The Balaban J connectivity index is 1.73. The van der Waals surface area contributed by atoms with E-state index in [1.807, 2.05) is 25.3 Å². The second-order valence-electron chi connectivity index (χ2n) is 7.10. The van der Waals surface area contributed by atoms with Crippen LogP contribution in [0.3, 0.4) is 0 Å². The van der Waals surface area contributed by atoms with Crippen LogP contribution in [0.5, 0.6) is 5.75 Å². The summed E-state index contributed by atoms with van der Waals surface area (Å²) in [5.74, 6) is 0.0795. The fourth-order valence-corrected chi connectivity index (χ4v) is 4.45. The van der Waals surface area contributed by atoms with Crippen molar-refractivity contribution in [2.75, 3.05) is 5.32 Å². The van der Waals surface area contributed by atoms with Crippen molar-refractivity contribution >= 4 is 34.1 Å². The monoisotopic (exact) mass is 464 g/mol. The summed E-state index contributed by atoms with van der Waals surface area (Å²) in [6.45, 7) is 9.55. The number of aromatic nitrogens is 5. The lowest BCUT2D eigenvalue weighted by molar-refractivity contribution is -0.115. The van der Waals surface area contributed by atoms with E-state index in [1.54, 1.807) is 32.0 Å². The van der Waals surface area contributed by atoms with Gasteiger partial charge >= 0.3 is 0 Å². The molecule has 8 nitrogen and oxygen atoms in total. The normalized spacial score (nSPS) is 13.3. The molecule has 0 aliphatic carbocycles. The largest absolute Gasteiger partial charge is 0.480 e. The van der Waals surface area contributed by atoms with Gasteiger partial charge in [0.2, 0.25) is 11.0 Å². The number of hydrogen-bond acceptors (Lipinski definition) is 8. The first kappa shape index (κ1) is 23.1. The predicted octanol–water partition coefficient (Wildman–Crippen LogP) is 4.67. The fourth-order valence-electron chi connectivity index (χ4n) is 2.78. The number of benzene rings is 1. The number of rotatable bonds is 9. The van der Waals surface area contributed by atoms with E-state index in [0.717, 1.165) is 11.4 Å². The Kier molecular flexibility index (Phi) is 7.60. The molecule has 2 heterocycles. The maximum atomic E-state index is 14.0. The molecule has 0 radical (unpaired) electrons. The maximum absolute atomic E-state index is 14.0. The van der Waals surface area contributed by atoms with Crippen molar-refractivity contribution in [3.8, 4) is 5.75 Å². The summed E-state index contributed by atoms with van der Waals surface area (Å²) in [6, 6.07) is 6.25. The Morgan fingerprint density at radius 2 is 1.94 bits per heavy atom. The number of aryl methyl sites for hydroxylation is 1. The first-order valence-electron chi connectivity index (χ1n) is 9.96. The third kappa shape index (κ3) is 5.59. The van der Waals surface area contributed by atoms with Gasteiger partial charge in [-0.05, 0) is 46.2 Å². The van der Waals surface area contributed by atoms with Gasteiger partial charge in [0.25, 0.3) is 0 Å². The minimum Gasteiger partial charge on any atom is -0.480 e. The molecule has 166 valence electrons. The quantitative estimate of drug-likeness (QED) is 0.460. The molecule has 3 rings (SSSR count). The van der Waals surface area contributed by atoms with Crippen LogP contribution in [0.15, 0.2) is 29.4 Å². The van der Waals surface area contributed by atoms with Crippen LogP contribution >= 0.6 is 23.1 Å². The summed E-state index contributed by atoms with van der Waals surface area (Å²) >= 11 is 2.65. The lowest BCUT2D eigenvalue weighted by atomic mass is 10.3. The summed E-state index contributed by atoms with van der Waals surface area (Å²) in [7, 11) is 0. The number of para-hydroxylation sites is 1. The van der Waals surface area contributed by atoms with E-state index in [2.05, 4.69) is 25.7 Å². The topological polar surface area (TPSA) is 94.8 Å². The molecule has 2 atom stereocenters. The van der Waals surface area contributed by atoms with Crippen molar-refractivity contribution in [1.29, 1.82) is 0 Å². The lowest BCUT2D eigenvalue weighted by Gasteiger charge is -2.19. The van der Waals surface area contributed by atoms with Crippen LogP contribution in [-0.2, 0) is 11.2 Å². The van der Waals surface area contributed by atoms with Crippen LogP contribution in [-0.4, -0.2) is 36.1 Å². The van der Waals surface area contributed by atoms with Gasteiger partial charge in [-0.2, -0.15) is 0 Å². The number of anilines is 1. The first-order chi connectivity index (χ1) is 14.8. The zero-order valence-corrected chi connectivity index (χ0v) is 19.6. The Labute approximate surface area is 188 Å².